The van der Waals surface area contributed by atoms with E-state index in [-0.39, 0.29) is 5.95 Å². The molecule has 0 bridgehead atoms. The molecule has 0 fully saturated rings. The fraction of sp³-hybridized carbons (Fsp3) is 0.100. The van der Waals surface area contributed by atoms with Gasteiger partial charge in [-0.15, -0.1) is 5.10 Å². The number of nitrogens with zero attached hydrogens (tertiary/aromatic N) is 4. The minimum atomic E-state index is 0.196. The van der Waals surface area contributed by atoms with Crippen LogP contribution < -0.4 is 5.73 Å². The van der Waals surface area contributed by atoms with Crippen LogP contribution in [0.1, 0.15) is 11.1 Å². The zero-order valence-electron chi connectivity index (χ0n) is 8.56. The molecule has 2 N–H and O–H groups in total. The second kappa shape index (κ2) is 4.73. The van der Waals surface area contributed by atoms with E-state index in [2.05, 4.69) is 26.0 Å². The fourth-order valence-electron chi connectivity index (χ4n) is 1.35. The molecule has 1 aromatic carbocycles. The molecule has 0 saturated heterocycles. The minimum Gasteiger partial charge on any atom is -0.366 e. The number of aromatic nitrogens is 3. The number of benzene rings is 1. The predicted octanol–water partition coefficient (Wildman–Crippen LogP) is 2.20. The van der Waals surface area contributed by atoms with Crippen LogP contribution in [0.15, 0.2) is 22.9 Å². The van der Waals surface area contributed by atoms with E-state index >= 15 is 0 Å². The highest BCUT2D eigenvalue weighted by atomic mass is 79.9. The van der Waals surface area contributed by atoms with Crippen LogP contribution in [0, 0.1) is 11.3 Å². The van der Waals surface area contributed by atoms with Crippen LogP contribution in [-0.2, 0) is 6.54 Å². The molecule has 0 aliphatic rings. The second-order valence-corrected chi connectivity index (χ2v) is 4.43. The molecule has 0 aliphatic heterocycles. The first-order valence-electron chi connectivity index (χ1n) is 4.64. The third kappa shape index (κ3) is 2.57. The standard InChI is InChI=1S/C10H7BrClN5/c11-9-15-10(14)16-17(9)5-7-2-1-6(4-13)3-8(7)12/h1-3H,5H2,(H2,14,16). The summed E-state index contributed by atoms with van der Waals surface area (Å²) in [5.41, 5.74) is 6.84. The van der Waals surface area contributed by atoms with Crippen LogP contribution in [0.2, 0.25) is 5.02 Å². The highest BCUT2D eigenvalue weighted by Gasteiger charge is 2.08. The molecule has 0 saturated carbocycles. The molecule has 1 heterocycles. The van der Waals surface area contributed by atoms with Gasteiger partial charge in [-0.3, -0.25) is 0 Å². The summed E-state index contributed by atoms with van der Waals surface area (Å²) in [5.74, 6) is 0.196. The minimum absolute atomic E-state index is 0.196. The second-order valence-electron chi connectivity index (χ2n) is 3.31. The molecule has 86 valence electrons. The topological polar surface area (TPSA) is 80.5 Å². The van der Waals surface area contributed by atoms with Gasteiger partial charge in [0.1, 0.15) is 0 Å². The van der Waals surface area contributed by atoms with E-state index in [9.17, 15) is 0 Å². The molecule has 0 atom stereocenters. The molecule has 0 amide bonds. The number of hydrogen-bond acceptors (Lipinski definition) is 4. The Bertz CT molecular complexity index is 601. The van der Waals surface area contributed by atoms with Crippen molar-refractivity contribution < 1.29 is 0 Å². The number of anilines is 1. The fourth-order valence-corrected chi connectivity index (χ4v) is 1.97. The summed E-state index contributed by atoms with van der Waals surface area (Å²) in [6.45, 7) is 0.440. The predicted molar refractivity (Wildman–Crippen MR) is 67.4 cm³/mol. The van der Waals surface area contributed by atoms with Gasteiger partial charge in [0, 0.05) is 5.02 Å². The van der Waals surface area contributed by atoms with Crippen molar-refractivity contribution in [1.29, 1.82) is 5.26 Å². The van der Waals surface area contributed by atoms with Crippen LogP contribution in [0.25, 0.3) is 0 Å². The van der Waals surface area contributed by atoms with Gasteiger partial charge in [0.25, 0.3) is 0 Å². The van der Waals surface area contributed by atoms with Crippen LogP contribution in [0.4, 0.5) is 5.95 Å². The van der Waals surface area contributed by atoms with Gasteiger partial charge >= 0.3 is 0 Å². The number of nitriles is 1. The highest BCUT2D eigenvalue weighted by molar-refractivity contribution is 9.10. The van der Waals surface area contributed by atoms with E-state index in [0.29, 0.717) is 21.9 Å². The lowest BCUT2D eigenvalue weighted by Crippen LogP contribution is -2.03. The SMILES string of the molecule is N#Cc1ccc(Cn2nc(N)nc2Br)c(Cl)c1. The molecule has 5 nitrogen and oxygen atoms in total. The molecule has 0 spiro atoms. The Morgan fingerprint density at radius 1 is 1.53 bits per heavy atom. The first kappa shape index (κ1) is 11.9. The number of nitrogen functional groups attached to an aromatic ring is 1. The van der Waals surface area contributed by atoms with E-state index in [0.717, 1.165) is 5.56 Å². The van der Waals surface area contributed by atoms with Gasteiger partial charge < -0.3 is 5.73 Å². The van der Waals surface area contributed by atoms with Gasteiger partial charge in [-0.05, 0) is 33.6 Å². The van der Waals surface area contributed by atoms with Crippen LogP contribution in [-0.4, -0.2) is 14.8 Å². The maximum atomic E-state index is 8.73. The van der Waals surface area contributed by atoms with Crippen molar-refractivity contribution in [1.82, 2.24) is 14.8 Å². The summed E-state index contributed by atoms with van der Waals surface area (Å²) < 4.78 is 2.12. The Kier molecular flexibility index (Phi) is 3.31. The van der Waals surface area contributed by atoms with Gasteiger partial charge in [0.15, 0.2) is 4.73 Å². The van der Waals surface area contributed by atoms with Crippen molar-refractivity contribution in [2.45, 2.75) is 6.54 Å². The zero-order valence-corrected chi connectivity index (χ0v) is 10.9. The Morgan fingerprint density at radius 2 is 2.29 bits per heavy atom. The lowest BCUT2D eigenvalue weighted by atomic mass is 10.1. The van der Waals surface area contributed by atoms with Gasteiger partial charge in [0.2, 0.25) is 5.95 Å². The number of hydrogen-bond donors (Lipinski definition) is 1. The third-order valence-corrected chi connectivity index (χ3v) is 3.08. The third-order valence-electron chi connectivity index (χ3n) is 2.15. The van der Waals surface area contributed by atoms with E-state index < -0.39 is 0 Å². The number of nitrogens with two attached hydrogens (primary N) is 1. The van der Waals surface area contributed by atoms with Crippen molar-refractivity contribution in [3.63, 3.8) is 0 Å². The average Bonchev–Trinajstić information content (AvgIpc) is 2.60. The van der Waals surface area contributed by atoms with Crippen LogP contribution in [0.3, 0.4) is 0 Å². The molecule has 7 heteroatoms. The summed E-state index contributed by atoms with van der Waals surface area (Å²) in [6, 6.07) is 7.13. The van der Waals surface area contributed by atoms with E-state index in [4.69, 9.17) is 22.6 Å². The van der Waals surface area contributed by atoms with Crippen molar-refractivity contribution in [3.05, 3.63) is 39.1 Å². The Morgan fingerprint density at radius 3 is 2.82 bits per heavy atom. The molecular formula is C10H7BrClN5. The molecule has 17 heavy (non-hydrogen) atoms. The van der Waals surface area contributed by atoms with Crippen molar-refractivity contribution in [3.8, 4) is 6.07 Å². The Hall–Kier alpha value is -1.58. The molecule has 2 rings (SSSR count). The summed E-state index contributed by atoms with van der Waals surface area (Å²) in [7, 11) is 0. The summed E-state index contributed by atoms with van der Waals surface area (Å²) in [6.07, 6.45) is 0. The van der Waals surface area contributed by atoms with E-state index in [1.165, 1.54) is 0 Å². The highest BCUT2D eigenvalue weighted by Crippen LogP contribution is 2.20. The first-order valence-corrected chi connectivity index (χ1v) is 5.81. The van der Waals surface area contributed by atoms with E-state index in [1.54, 1.807) is 22.9 Å². The first-order chi connectivity index (χ1) is 8.10. The van der Waals surface area contributed by atoms with Gasteiger partial charge in [-0.2, -0.15) is 10.2 Å². The lowest BCUT2D eigenvalue weighted by Gasteiger charge is -2.05. The van der Waals surface area contributed by atoms with E-state index in [1.807, 2.05) is 6.07 Å². The quantitative estimate of drug-likeness (QED) is 0.921. The Balaban J connectivity index is 2.31. The smallest absolute Gasteiger partial charge is 0.240 e. The van der Waals surface area contributed by atoms with Gasteiger partial charge in [0.05, 0.1) is 18.2 Å². The summed E-state index contributed by atoms with van der Waals surface area (Å²) >= 11 is 9.30. The maximum absolute atomic E-state index is 8.73. The average molecular weight is 313 g/mol. The van der Waals surface area contributed by atoms with Crippen molar-refractivity contribution >= 4 is 33.5 Å². The normalized spacial score (nSPS) is 10.2. The summed E-state index contributed by atoms with van der Waals surface area (Å²) in [4.78, 5) is 3.92. The Labute approximate surface area is 111 Å². The molecule has 1 aromatic heterocycles. The largest absolute Gasteiger partial charge is 0.366 e. The molecule has 0 radical (unpaired) electrons. The number of rotatable bonds is 2. The van der Waals surface area contributed by atoms with Crippen LogP contribution in [0.5, 0.6) is 0 Å². The molecular weight excluding hydrogens is 306 g/mol. The maximum Gasteiger partial charge on any atom is 0.240 e. The van der Waals surface area contributed by atoms with Gasteiger partial charge in [-0.25, -0.2) is 4.68 Å². The zero-order chi connectivity index (χ0) is 12.4. The van der Waals surface area contributed by atoms with Crippen molar-refractivity contribution in [2.24, 2.45) is 0 Å². The number of halogens is 2. The molecule has 2 aromatic rings. The van der Waals surface area contributed by atoms with Gasteiger partial charge in [-0.1, -0.05) is 17.7 Å². The molecule has 0 aliphatic carbocycles. The van der Waals surface area contributed by atoms with Crippen LogP contribution >= 0.6 is 27.5 Å². The van der Waals surface area contributed by atoms with Crippen molar-refractivity contribution in [2.75, 3.05) is 5.73 Å². The monoisotopic (exact) mass is 311 g/mol. The lowest BCUT2D eigenvalue weighted by molar-refractivity contribution is 0.670. The summed E-state index contributed by atoms with van der Waals surface area (Å²) in [5, 5.41) is 13.3. The molecule has 0 unspecified atom stereocenters.